The molecule has 164 valence electrons. The Morgan fingerprint density at radius 1 is 1.06 bits per heavy atom. The largest absolute Gasteiger partial charge is 0.385 e. The molecular formula is C24H27N7O. The van der Waals surface area contributed by atoms with Crippen molar-refractivity contribution in [1.82, 2.24) is 29.8 Å². The highest BCUT2D eigenvalue weighted by Crippen LogP contribution is 2.38. The van der Waals surface area contributed by atoms with Crippen molar-refractivity contribution in [2.45, 2.75) is 51.3 Å². The van der Waals surface area contributed by atoms with Crippen molar-refractivity contribution in [3.05, 3.63) is 48.0 Å². The third-order valence-electron chi connectivity index (χ3n) is 6.92. The molecule has 1 aliphatic heterocycles. The lowest BCUT2D eigenvalue weighted by Gasteiger charge is -2.28. The van der Waals surface area contributed by atoms with Crippen LogP contribution in [0.25, 0.3) is 21.9 Å². The zero-order valence-electron chi connectivity index (χ0n) is 18.1. The molecule has 1 fully saturated rings. The van der Waals surface area contributed by atoms with E-state index in [0.717, 1.165) is 52.8 Å². The maximum atomic E-state index is 10.3. The van der Waals surface area contributed by atoms with Crippen LogP contribution in [0, 0.1) is 5.92 Å². The van der Waals surface area contributed by atoms with Gasteiger partial charge in [0.1, 0.15) is 17.6 Å². The molecule has 0 aromatic carbocycles. The summed E-state index contributed by atoms with van der Waals surface area (Å²) in [6, 6.07) is 6.37. The Kier molecular flexibility index (Phi) is 4.77. The second-order valence-electron chi connectivity index (χ2n) is 9.12. The second kappa shape index (κ2) is 7.79. The van der Waals surface area contributed by atoms with Crippen molar-refractivity contribution >= 4 is 33.7 Å². The summed E-state index contributed by atoms with van der Waals surface area (Å²) in [6.45, 7) is 3.57. The summed E-state index contributed by atoms with van der Waals surface area (Å²) >= 11 is 0. The molecule has 8 heteroatoms. The number of β-amino-alcohol motifs (C(OH)–C–C–N with tert-alkyl or cyclic N) is 1. The van der Waals surface area contributed by atoms with Crippen molar-refractivity contribution in [3.8, 4) is 0 Å². The molecule has 2 aliphatic rings. The summed E-state index contributed by atoms with van der Waals surface area (Å²) in [7, 11) is 0. The average molecular weight is 430 g/mol. The van der Waals surface area contributed by atoms with Crippen LogP contribution >= 0.6 is 0 Å². The van der Waals surface area contributed by atoms with Gasteiger partial charge < -0.3 is 20.3 Å². The second-order valence-corrected chi connectivity index (χ2v) is 9.12. The molecule has 3 N–H and O–H groups in total. The van der Waals surface area contributed by atoms with Crippen LogP contribution in [-0.4, -0.2) is 36.2 Å². The average Bonchev–Trinajstić information content (AvgIpc) is 3.14. The first kappa shape index (κ1) is 19.6. The minimum absolute atomic E-state index is 0.419. The van der Waals surface area contributed by atoms with Gasteiger partial charge in [0.05, 0.1) is 17.4 Å². The minimum atomic E-state index is -0.604. The van der Waals surface area contributed by atoms with Gasteiger partial charge in [-0.15, -0.1) is 0 Å². The zero-order chi connectivity index (χ0) is 21.7. The molecule has 0 unspecified atom stereocenters. The smallest absolute Gasteiger partial charge is 0.230 e. The van der Waals surface area contributed by atoms with E-state index >= 15 is 0 Å². The van der Waals surface area contributed by atoms with E-state index in [-0.39, 0.29) is 0 Å². The third kappa shape index (κ3) is 3.30. The summed E-state index contributed by atoms with van der Waals surface area (Å²) in [5, 5.41) is 18.9. The van der Waals surface area contributed by atoms with Gasteiger partial charge in [0.2, 0.25) is 5.95 Å². The van der Waals surface area contributed by atoms with Gasteiger partial charge in [-0.2, -0.15) is 4.98 Å². The van der Waals surface area contributed by atoms with Crippen molar-refractivity contribution in [2.24, 2.45) is 5.92 Å². The van der Waals surface area contributed by atoms with Crippen molar-refractivity contribution in [1.29, 1.82) is 0 Å². The standard InChI is InChI=1S/C24H27N7O/c1-14-2-5-16(6-3-14)31-19-12-25-9-8-17(19)18-11-27-24(30-23(18)31)29-21-7-4-15-10-26-13-20(32)22(15)28-21/h4,7-9,11-12,14,16,20,26,32H,2-3,5-6,10,13H2,1H3,(H,27,28,29,30)/t14?,16?,20-/m0/s1. The van der Waals surface area contributed by atoms with Gasteiger partial charge in [-0.3, -0.25) is 4.98 Å². The molecule has 1 saturated carbocycles. The van der Waals surface area contributed by atoms with Gasteiger partial charge >= 0.3 is 0 Å². The Bertz CT molecular complexity index is 1290. The number of anilines is 2. The first-order valence-corrected chi connectivity index (χ1v) is 11.4. The van der Waals surface area contributed by atoms with Crippen LogP contribution in [0.2, 0.25) is 0 Å². The van der Waals surface area contributed by atoms with Crippen molar-refractivity contribution in [2.75, 3.05) is 11.9 Å². The Balaban J connectivity index is 1.41. The van der Waals surface area contributed by atoms with E-state index in [2.05, 4.69) is 43.1 Å². The predicted molar refractivity (Wildman–Crippen MR) is 124 cm³/mol. The first-order chi connectivity index (χ1) is 15.7. The fourth-order valence-electron chi connectivity index (χ4n) is 5.16. The molecule has 1 atom stereocenters. The first-order valence-electron chi connectivity index (χ1n) is 11.4. The molecule has 32 heavy (non-hydrogen) atoms. The Hall–Kier alpha value is -3.10. The van der Waals surface area contributed by atoms with Crippen LogP contribution in [-0.2, 0) is 6.54 Å². The highest BCUT2D eigenvalue weighted by Gasteiger charge is 2.25. The highest BCUT2D eigenvalue weighted by molar-refractivity contribution is 6.06. The molecule has 8 nitrogen and oxygen atoms in total. The molecule has 6 rings (SSSR count). The number of aromatic nitrogens is 5. The number of hydrogen-bond acceptors (Lipinski definition) is 7. The molecule has 0 radical (unpaired) electrons. The number of pyridine rings is 2. The van der Waals surface area contributed by atoms with Gasteiger partial charge in [-0.1, -0.05) is 13.0 Å². The fraction of sp³-hybridized carbons (Fsp3) is 0.417. The lowest BCUT2D eigenvalue weighted by atomic mass is 9.87. The van der Waals surface area contributed by atoms with E-state index in [0.29, 0.717) is 30.0 Å². The molecule has 0 spiro atoms. The van der Waals surface area contributed by atoms with Crippen LogP contribution in [0.15, 0.2) is 36.8 Å². The molecule has 0 saturated heterocycles. The van der Waals surface area contributed by atoms with E-state index in [1.54, 1.807) is 0 Å². The van der Waals surface area contributed by atoms with Crippen LogP contribution in [0.4, 0.5) is 11.8 Å². The number of nitrogens with zero attached hydrogens (tertiary/aromatic N) is 5. The number of hydrogen-bond donors (Lipinski definition) is 3. The third-order valence-corrected chi connectivity index (χ3v) is 6.92. The Morgan fingerprint density at radius 2 is 1.94 bits per heavy atom. The molecule has 1 aliphatic carbocycles. The monoisotopic (exact) mass is 429 g/mol. The minimum Gasteiger partial charge on any atom is -0.385 e. The maximum absolute atomic E-state index is 10.3. The topological polar surface area (TPSA) is 101 Å². The van der Waals surface area contributed by atoms with Gasteiger partial charge in [-0.05, 0) is 49.3 Å². The lowest BCUT2D eigenvalue weighted by Crippen LogP contribution is -2.29. The van der Waals surface area contributed by atoms with Crippen LogP contribution in [0.3, 0.4) is 0 Å². The molecule has 0 amide bonds. The number of nitrogens with one attached hydrogen (secondary N) is 2. The summed E-state index contributed by atoms with van der Waals surface area (Å²) < 4.78 is 2.37. The quantitative estimate of drug-likeness (QED) is 0.452. The number of rotatable bonds is 3. The predicted octanol–water partition coefficient (Wildman–Crippen LogP) is 4.01. The van der Waals surface area contributed by atoms with Crippen LogP contribution in [0.1, 0.15) is 56.0 Å². The van der Waals surface area contributed by atoms with Gasteiger partial charge in [0.15, 0.2) is 0 Å². The zero-order valence-corrected chi connectivity index (χ0v) is 18.1. The van der Waals surface area contributed by atoms with E-state index in [1.807, 2.05) is 30.7 Å². The van der Waals surface area contributed by atoms with Crippen molar-refractivity contribution < 1.29 is 5.11 Å². The van der Waals surface area contributed by atoms with Gasteiger partial charge in [-0.25, -0.2) is 9.97 Å². The van der Waals surface area contributed by atoms with E-state index < -0.39 is 6.10 Å². The van der Waals surface area contributed by atoms with Gasteiger partial charge in [0, 0.05) is 42.3 Å². The van der Waals surface area contributed by atoms with Crippen LogP contribution in [0.5, 0.6) is 0 Å². The summed E-state index contributed by atoms with van der Waals surface area (Å²) in [4.78, 5) is 18.5. The molecule has 4 aromatic rings. The van der Waals surface area contributed by atoms with Gasteiger partial charge in [0.25, 0.3) is 0 Å². The Labute approximate surface area is 186 Å². The maximum Gasteiger partial charge on any atom is 0.230 e. The van der Waals surface area contributed by atoms with Crippen LogP contribution < -0.4 is 10.6 Å². The summed E-state index contributed by atoms with van der Waals surface area (Å²) in [5.74, 6) is 1.93. The molecular weight excluding hydrogens is 402 g/mol. The van der Waals surface area contributed by atoms with E-state index in [4.69, 9.17) is 4.98 Å². The molecule has 5 heterocycles. The normalized spacial score (nSPS) is 23.4. The van der Waals surface area contributed by atoms with E-state index in [1.165, 1.54) is 12.8 Å². The number of fused-ring (bicyclic) bond motifs is 4. The molecule has 4 aromatic heterocycles. The fourth-order valence-corrected chi connectivity index (χ4v) is 5.16. The SMILES string of the molecule is CC1CCC(n2c3cnccc3c3cnc(Nc4ccc5c(n4)[C@@H](O)CNC5)nc32)CC1. The summed E-state index contributed by atoms with van der Waals surface area (Å²) in [6.07, 6.45) is 9.84. The van der Waals surface area contributed by atoms with Crippen molar-refractivity contribution in [3.63, 3.8) is 0 Å². The number of aliphatic hydroxyl groups excluding tert-OH is 1. The molecule has 0 bridgehead atoms. The Morgan fingerprint density at radius 3 is 2.81 bits per heavy atom. The summed E-state index contributed by atoms with van der Waals surface area (Å²) in [5.41, 5.74) is 3.79. The lowest BCUT2D eigenvalue weighted by molar-refractivity contribution is 0.160. The number of aliphatic hydroxyl groups is 1. The van der Waals surface area contributed by atoms with E-state index in [9.17, 15) is 5.11 Å². The highest BCUT2D eigenvalue weighted by atomic mass is 16.3.